The van der Waals surface area contributed by atoms with Crippen LogP contribution in [0.5, 0.6) is 0 Å². The highest BCUT2D eigenvalue weighted by atomic mass is 32.2. The van der Waals surface area contributed by atoms with E-state index in [1.807, 2.05) is 11.8 Å². The van der Waals surface area contributed by atoms with Crippen molar-refractivity contribution in [1.29, 1.82) is 0 Å². The number of aliphatic carboxylic acids is 1. The lowest BCUT2D eigenvalue weighted by Gasteiger charge is -2.30. The van der Waals surface area contributed by atoms with Crippen LogP contribution in [0.15, 0.2) is 0 Å². The normalized spacial score (nSPS) is 30.6. The van der Waals surface area contributed by atoms with Crippen LogP contribution in [0, 0.1) is 17.8 Å². The summed E-state index contributed by atoms with van der Waals surface area (Å²) >= 11 is 1.89. The molecule has 1 rings (SSSR count). The van der Waals surface area contributed by atoms with Gasteiger partial charge in [0.25, 0.3) is 0 Å². The van der Waals surface area contributed by atoms with Crippen LogP contribution in [0.2, 0.25) is 0 Å². The number of hydrogen-bond acceptors (Lipinski definition) is 2. The lowest BCUT2D eigenvalue weighted by molar-refractivity contribution is -0.144. The fourth-order valence-electron chi connectivity index (χ4n) is 1.72. The Hall–Kier alpha value is -0.180. The van der Waals surface area contributed by atoms with Crippen molar-refractivity contribution in [1.82, 2.24) is 0 Å². The Bertz CT molecular complexity index is 168. The second-order valence-corrected chi connectivity index (χ2v) is 4.87. The fourth-order valence-corrected chi connectivity index (χ4v) is 3.20. The Balaban J connectivity index is 2.60. The first-order valence-electron chi connectivity index (χ1n) is 4.43. The standard InChI is InChI=1S/C9H16O2S/c1-6(2)8-5-12-4-3-7(8)9(10)11/h6-8H,3-5H2,1-2H3,(H,10,11). The van der Waals surface area contributed by atoms with Crippen molar-refractivity contribution in [2.45, 2.75) is 20.3 Å². The quantitative estimate of drug-likeness (QED) is 0.721. The molecule has 0 aromatic heterocycles. The molecule has 0 radical (unpaired) electrons. The van der Waals surface area contributed by atoms with E-state index in [0.29, 0.717) is 11.8 Å². The van der Waals surface area contributed by atoms with Gasteiger partial charge in [-0.05, 0) is 29.8 Å². The van der Waals surface area contributed by atoms with Gasteiger partial charge >= 0.3 is 5.97 Å². The first-order valence-corrected chi connectivity index (χ1v) is 5.59. The number of hydrogen-bond donors (Lipinski definition) is 1. The van der Waals surface area contributed by atoms with Gasteiger partial charge in [0.1, 0.15) is 0 Å². The summed E-state index contributed by atoms with van der Waals surface area (Å²) in [5.41, 5.74) is 0. The molecule has 2 atom stereocenters. The van der Waals surface area contributed by atoms with Crippen LogP contribution in [0.1, 0.15) is 20.3 Å². The van der Waals surface area contributed by atoms with Gasteiger partial charge in [-0.15, -0.1) is 0 Å². The van der Waals surface area contributed by atoms with Gasteiger partial charge in [-0.2, -0.15) is 11.8 Å². The Morgan fingerprint density at radius 2 is 2.25 bits per heavy atom. The Labute approximate surface area is 77.7 Å². The second-order valence-electron chi connectivity index (χ2n) is 3.72. The first-order chi connectivity index (χ1) is 5.63. The van der Waals surface area contributed by atoms with Crippen molar-refractivity contribution in [3.63, 3.8) is 0 Å². The van der Waals surface area contributed by atoms with Crippen LogP contribution < -0.4 is 0 Å². The van der Waals surface area contributed by atoms with Gasteiger partial charge < -0.3 is 5.11 Å². The van der Waals surface area contributed by atoms with Gasteiger partial charge in [0.2, 0.25) is 0 Å². The molecule has 0 saturated carbocycles. The van der Waals surface area contributed by atoms with Crippen molar-refractivity contribution < 1.29 is 9.90 Å². The van der Waals surface area contributed by atoms with E-state index in [1.165, 1.54) is 0 Å². The molecule has 1 aliphatic heterocycles. The van der Waals surface area contributed by atoms with Crippen molar-refractivity contribution in [3.05, 3.63) is 0 Å². The molecule has 2 nitrogen and oxygen atoms in total. The third-order valence-electron chi connectivity index (χ3n) is 2.57. The van der Waals surface area contributed by atoms with Gasteiger partial charge in [-0.3, -0.25) is 4.79 Å². The van der Waals surface area contributed by atoms with E-state index in [1.54, 1.807) is 0 Å². The maximum Gasteiger partial charge on any atom is 0.306 e. The highest BCUT2D eigenvalue weighted by Gasteiger charge is 2.32. The molecular formula is C9H16O2S. The van der Waals surface area contributed by atoms with Gasteiger partial charge in [0.05, 0.1) is 5.92 Å². The fraction of sp³-hybridized carbons (Fsp3) is 0.889. The summed E-state index contributed by atoms with van der Waals surface area (Å²) in [7, 11) is 0. The van der Waals surface area contributed by atoms with Gasteiger partial charge in [-0.25, -0.2) is 0 Å². The largest absolute Gasteiger partial charge is 0.481 e. The molecule has 0 amide bonds. The Morgan fingerprint density at radius 1 is 1.58 bits per heavy atom. The van der Waals surface area contributed by atoms with Gasteiger partial charge in [0, 0.05) is 0 Å². The summed E-state index contributed by atoms with van der Waals surface area (Å²) in [4.78, 5) is 10.9. The molecule has 3 heteroatoms. The number of carboxylic acids is 1. The molecule has 1 N–H and O–H groups in total. The smallest absolute Gasteiger partial charge is 0.306 e. The van der Waals surface area contributed by atoms with E-state index < -0.39 is 5.97 Å². The molecule has 1 fully saturated rings. The maximum atomic E-state index is 10.9. The topological polar surface area (TPSA) is 37.3 Å². The minimum atomic E-state index is -0.603. The summed E-state index contributed by atoms with van der Waals surface area (Å²) in [6.07, 6.45) is 0.850. The molecule has 0 aliphatic carbocycles. The third kappa shape index (κ3) is 2.16. The lowest BCUT2D eigenvalue weighted by Crippen LogP contribution is -2.32. The molecule has 70 valence electrons. The molecule has 0 aromatic carbocycles. The van der Waals surface area contributed by atoms with E-state index in [9.17, 15) is 4.79 Å². The van der Waals surface area contributed by atoms with Crippen LogP contribution in [-0.2, 0) is 4.79 Å². The number of carboxylic acid groups (broad SMARTS) is 1. The maximum absolute atomic E-state index is 10.9. The molecule has 1 heterocycles. The molecule has 12 heavy (non-hydrogen) atoms. The van der Waals surface area contributed by atoms with Gasteiger partial charge in [-0.1, -0.05) is 13.8 Å². The van der Waals surface area contributed by atoms with Crippen LogP contribution in [0.3, 0.4) is 0 Å². The average molecular weight is 188 g/mol. The lowest BCUT2D eigenvalue weighted by atomic mass is 9.83. The minimum absolute atomic E-state index is 0.0914. The minimum Gasteiger partial charge on any atom is -0.481 e. The van der Waals surface area contributed by atoms with Crippen molar-refractivity contribution in [3.8, 4) is 0 Å². The van der Waals surface area contributed by atoms with Crippen LogP contribution in [0.4, 0.5) is 0 Å². The molecule has 2 unspecified atom stereocenters. The first kappa shape index (κ1) is 9.90. The molecule has 0 spiro atoms. The average Bonchev–Trinajstić information content (AvgIpc) is 2.04. The summed E-state index contributed by atoms with van der Waals surface area (Å²) < 4.78 is 0. The third-order valence-corrected chi connectivity index (χ3v) is 3.72. The monoisotopic (exact) mass is 188 g/mol. The van der Waals surface area contributed by atoms with Crippen LogP contribution >= 0.6 is 11.8 Å². The number of rotatable bonds is 2. The zero-order valence-corrected chi connectivity index (χ0v) is 8.43. The highest BCUT2D eigenvalue weighted by molar-refractivity contribution is 7.99. The Morgan fingerprint density at radius 3 is 2.67 bits per heavy atom. The van der Waals surface area contributed by atoms with Crippen LogP contribution in [-0.4, -0.2) is 22.6 Å². The van der Waals surface area contributed by atoms with Crippen molar-refractivity contribution >= 4 is 17.7 Å². The molecule has 1 saturated heterocycles. The van der Waals surface area contributed by atoms with E-state index >= 15 is 0 Å². The second kappa shape index (κ2) is 4.17. The summed E-state index contributed by atoms with van der Waals surface area (Å²) in [6.45, 7) is 4.24. The van der Waals surface area contributed by atoms with Gasteiger partial charge in [0.15, 0.2) is 0 Å². The van der Waals surface area contributed by atoms with Crippen molar-refractivity contribution in [2.75, 3.05) is 11.5 Å². The van der Waals surface area contributed by atoms with E-state index in [2.05, 4.69) is 13.8 Å². The molecular weight excluding hydrogens is 172 g/mol. The SMILES string of the molecule is CC(C)C1CSCCC1C(=O)O. The number of thioether (sulfide) groups is 1. The molecule has 0 bridgehead atoms. The van der Waals surface area contributed by atoms with Crippen molar-refractivity contribution in [2.24, 2.45) is 17.8 Å². The summed E-state index contributed by atoms with van der Waals surface area (Å²) in [5, 5.41) is 8.95. The molecule has 0 aromatic rings. The number of carbonyl (C=O) groups is 1. The predicted octanol–water partition coefficient (Wildman–Crippen LogP) is 2.10. The highest BCUT2D eigenvalue weighted by Crippen LogP contribution is 2.33. The zero-order valence-electron chi connectivity index (χ0n) is 7.62. The van der Waals surface area contributed by atoms with E-state index in [4.69, 9.17) is 5.11 Å². The zero-order chi connectivity index (χ0) is 9.14. The van der Waals surface area contributed by atoms with Crippen LogP contribution in [0.25, 0.3) is 0 Å². The Kier molecular flexibility index (Phi) is 3.44. The van der Waals surface area contributed by atoms with E-state index in [-0.39, 0.29) is 5.92 Å². The van der Waals surface area contributed by atoms with E-state index in [0.717, 1.165) is 17.9 Å². The summed E-state index contributed by atoms with van der Waals surface area (Å²) in [6, 6.07) is 0. The molecule has 1 aliphatic rings. The summed E-state index contributed by atoms with van der Waals surface area (Å²) in [5.74, 6) is 2.22. The predicted molar refractivity (Wildman–Crippen MR) is 51.4 cm³/mol.